The van der Waals surface area contributed by atoms with E-state index in [1.54, 1.807) is 19.1 Å². The molecule has 9 nitrogen and oxygen atoms in total. The van der Waals surface area contributed by atoms with Gasteiger partial charge in [-0.1, -0.05) is 6.92 Å². The molecule has 0 saturated heterocycles. The number of carbonyl (C=O) groups is 2. The highest BCUT2D eigenvalue weighted by Crippen LogP contribution is 2.10. The first kappa shape index (κ1) is 20.7. The van der Waals surface area contributed by atoms with Crippen LogP contribution in [0.25, 0.3) is 0 Å². The molecule has 25 heavy (non-hydrogen) atoms. The van der Waals surface area contributed by atoms with E-state index in [2.05, 4.69) is 15.8 Å². The van der Waals surface area contributed by atoms with E-state index in [4.69, 9.17) is 5.11 Å². The Bertz CT molecular complexity index is 602. The summed E-state index contributed by atoms with van der Waals surface area (Å²) in [5, 5.41) is 43.9. The predicted molar refractivity (Wildman–Crippen MR) is 91.0 cm³/mol. The van der Waals surface area contributed by atoms with Crippen LogP contribution in [-0.2, 0) is 4.79 Å². The lowest BCUT2D eigenvalue weighted by Crippen LogP contribution is -2.44. The highest BCUT2D eigenvalue weighted by molar-refractivity contribution is 5.95. The zero-order chi connectivity index (χ0) is 19.0. The van der Waals surface area contributed by atoms with Gasteiger partial charge < -0.3 is 25.7 Å². The molecule has 9 heteroatoms. The summed E-state index contributed by atoms with van der Waals surface area (Å²) in [6.07, 6.45) is -4.83. The zero-order valence-corrected chi connectivity index (χ0v) is 14.0. The molecule has 0 saturated carbocycles. The molecular formula is C16H23N3O6. The molecule has 0 spiro atoms. The summed E-state index contributed by atoms with van der Waals surface area (Å²) in [6.45, 7) is 2.98. The van der Waals surface area contributed by atoms with Crippen LogP contribution < -0.4 is 10.7 Å². The summed E-state index contributed by atoms with van der Waals surface area (Å²) in [7, 11) is 0. The number of benzene rings is 1. The Morgan fingerprint density at radius 2 is 1.72 bits per heavy atom. The minimum Gasteiger partial charge on any atom is -0.391 e. The van der Waals surface area contributed by atoms with Crippen molar-refractivity contribution in [3.8, 4) is 0 Å². The third kappa shape index (κ3) is 6.59. The second-order valence-corrected chi connectivity index (χ2v) is 5.41. The Labute approximate surface area is 145 Å². The van der Waals surface area contributed by atoms with E-state index in [1.807, 2.05) is 0 Å². The van der Waals surface area contributed by atoms with Gasteiger partial charge in [-0.2, -0.15) is 5.10 Å². The third-order valence-electron chi connectivity index (χ3n) is 3.34. The molecule has 0 aromatic heterocycles. The van der Waals surface area contributed by atoms with Crippen molar-refractivity contribution in [1.82, 2.24) is 5.43 Å². The molecule has 0 aliphatic carbocycles. The summed E-state index contributed by atoms with van der Waals surface area (Å²) in [4.78, 5) is 23.1. The van der Waals surface area contributed by atoms with Gasteiger partial charge in [-0.15, -0.1) is 0 Å². The van der Waals surface area contributed by atoms with Crippen molar-refractivity contribution >= 4 is 23.7 Å². The fourth-order valence-electron chi connectivity index (χ4n) is 1.77. The van der Waals surface area contributed by atoms with E-state index in [0.29, 0.717) is 12.1 Å². The first-order valence-corrected chi connectivity index (χ1v) is 7.72. The van der Waals surface area contributed by atoms with Gasteiger partial charge in [0.1, 0.15) is 18.3 Å². The molecule has 0 fully saturated rings. The van der Waals surface area contributed by atoms with Gasteiger partial charge in [-0.05, 0) is 31.2 Å². The van der Waals surface area contributed by atoms with Crippen LogP contribution in [-0.4, -0.2) is 62.9 Å². The topological polar surface area (TPSA) is 151 Å². The lowest BCUT2D eigenvalue weighted by molar-refractivity contribution is -0.115. The van der Waals surface area contributed by atoms with Gasteiger partial charge in [0.15, 0.2) is 0 Å². The Hall–Kier alpha value is -2.33. The number of nitrogens with one attached hydrogen (secondary N) is 2. The van der Waals surface area contributed by atoms with Crippen molar-refractivity contribution in [2.24, 2.45) is 5.10 Å². The Kier molecular flexibility index (Phi) is 8.16. The number of carbonyl (C=O) groups excluding carboxylic acids is 2. The van der Waals surface area contributed by atoms with E-state index < -0.39 is 30.3 Å². The van der Waals surface area contributed by atoms with Crippen LogP contribution >= 0.6 is 0 Å². The number of nitrogens with zero attached hydrogens (tertiary/aromatic N) is 1. The molecule has 0 heterocycles. The van der Waals surface area contributed by atoms with Crippen molar-refractivity contribution < 1.29 is 30.0 Å². The Balaban J connectivity index is 2.57. The molecule has 1 aromatic carbocycles. The van der Waals surface area contributed by atoms with E-state index in [0.717, 1.165) is 6.21 Å². The highest BCUT2D eigenvalue weighted by Gasteiger charge is 2.27. The predicted octanol–water partition coefficient (Wildman–Crippen LogP) is -0.786. The molecule has 138 valence electrons. The molecule has 1 rings (SSSR count). The average Bonchev–Trinajstić information content (AvgIpc) is 2.60. The third-order valence-corrected chi connectivity index (χ3v) is 3.34. The minimum atomic E-state index is -1.65. The maximum absolute atomic E-state index is 11.9. The summed E-state index contributed by atoms with van der Waals surface area (Å²) in [5.74, 6) is -0.712. The maximum atomic E-state index is 11.9. The summed E-state index contributed by atoms with van der Waals surface area (Å²) >= 11 is 0. The van der Waals surface area contributed by atoms with Gasteiger partial charge in [0.2, 0.25) is 5.91 Å². The van der Waals surface area contributed by atoms with E-state index >= 15 is 0 Å². The lowest BCUT2D eigenvalue weighted by atomic mass is 10.1. The van der Waals surface area contributed by atoms with Gasteiger partial charge in [0, 0.05) is 17.7 Å². The van der Waals surface area contributed by atoms with E-state index in [9.17, 15) is 24.9 Å². The molecule has 0 aliphatic rings. The summed E-state index contributed by atoms with van der Waals surface area (Å²) in [6, 6.07) is 6.09. The Morgan fingerprint density at radius 3 is 2.24 bits per heavy atom. The first-order chi connectivity index (χ1) is 11.8. The quantitative estimate of drug-likeness (QED) is 0.266. The molecule has 0 unspecified atom stereocenters. The minimum absolute atomic E-state index is 0.145. The summed E-state index contributed by atoms with van der Waals surface area (Å²) < 4.78 is 0. The lowest BCUT2D eigenvalue weighted by Gasteiger charge is -2.22. The van der Waals surface area contributed by atoms with Gasteiger partial charge in [0.05, 0.1) is 12.3 Å². The number of rotatable bonds is 8. The molecule has 1 aromatic rings. The van der Waals surface area contributed by atoms with Crippen LogP contribution in [0.2, 0.25) is 0 Å². The summed E-state index contributed by atoms with van der Waals surface area (Å²) in [5.41, 5.74) is 2.97. The SMILES string of the molecule is CCC(=O)Nc1ccc(C(=O)NN=C[C@H](O)[C@H](O)[C@@H](O)[C@H](C)O)cc1. The van der Waals surface area contributed by atoms with Crippen molar-refractivity contribution in [3.05, 3.63) is 29.8 Å². The Morgan fingerprint density at radius 1 is 1.12 bits per heavy atom. The molecule has 2 amide bonds. The normalized spacial score (nSPS) is 16.1. The van der Waals surface area contributed by atoms with Gasteiger partial charge >= 0.3 is 0 Å². The number of hydrogen-bond acceptors (Lipinski definition) is 7. The molecular weight excluding hydrogens is 330 g/mol. The van der Waals surface area contributed by atoms with Crippen LogP contribution in [0, 0.1) is 0 Å². The largest absolute Gasteiger partial charge is 0.391 e. The number of hydrazone groups is 1. The van der Waals surface area contributed by atoms with Gasteiger partial charge in [0.25, 0.3) is 5.91 Å². The second kappa shape index (κ2) is 9.84. The smallest absolute Gasteiger partial charge is 0.271 e. The highest BCUT2D eigenvalue weighted by atomic mass is 16.4. The van der Waals surface area contributed by atoms with Crippen LogP contribution in [0.1, 0.15) is 30.6 Å². The van der Waals surface area contributed by atoms with Crippen molar-refractivity contribution in [1.29, 1.82) is 0 Å². The van der Waals surface area contributed by atoms with Crippen LogP contribution in [0.3, 0.4) is 0 Å². The monoisotopic (exact) mass is 353 g/mol. The molecule has 0 aliphatic heterocycles. The number of anilines is 1. The van der Waals surface area contributed by atoms with Gasteiger partial charge in [-0.25, -0.2) is 5.43 Å². The van der Waals surface area contributed by atoms with Crippen molar-refractivity contribution in [2.45, 2.75) is 44.7 Å². The van der Waals surface area contributed by atoms with Crippen molar-refractivity contribution in [2.75, 3.05) is 5.32 Å². The molecule has 0 radical (unpaired) electrons. The van der Waals surface area contributed by atoms with Crippen molar-refractivity contribution in [3.63, 3.8) is 0 Å². The average molecular weight is 353 g/mol. The van der Waals surface area contributed by atoms with Crippen LogP contribution in [0.5, 0.6) is 0 Å². The molecule has 4 atom stereocenters. The zero-order valence-electron chi connectivity index (χ0n) is 14.0. The standard InChI is InChI=1S/C16H23N3O6/c1-3-13(22)18-11-6-4-10(5-7-11)16(25)19-17-8-12(21)15(24)14(23)9(2)20/h4-9,12,14-15,20-21,23-24H,3H2,1-2H3,(H,18,22)(H,19,25)/t9-,12-,14-,15-/m0/s1. The van der Waals surface area contributed by atoms with Gasteiger partial charge in [-0.3, -0.25) is 9.59 Å². The van der Waals surface area contributed by atoms with Crippen LogP contribution in [0.15, 0.2) is 29.4 Å². The second-order valence-electron chi connectivity index (χ2n) is 5.41. The molecule has 6 N–H and O–H groups in total. The van der Waals surface area contributed by atoms with E-state index in [-0.39, 0.29) is 11.5 Å². The fourth-order valence-corrected chi connectivity index (χ4v) is 1.77. The first-order valence-electron chi connectivity index (χ1n) is 7.72. The number of aliphatic hydroxyl groups excluding tert-OH is 4. The van der Waals surface area contributed by atoms with Crippen LogP contribution in [0.4, 0.5) is 5.69 Å². The number of amides is 2. The fraction of sp³-hybridized carbons (Fsp3) is 0.438. The molecule has 0 bridgehead atoms. The van der Waals surface area contributed by atoms with E-state index in [1.165, 1.54) is 19.1 Å². The number of hydrogen-bond donors (Lipinski definition) is 6. The maximum Gasteiger partial charge on any atom is 0.271 e. The number of aliphatic hydroxyl groups is 4.